The van der Waals surface area contributed by atoms with Gasteiger partial charge in [0.15, 0.2) is 11.6 Å². The average molecular weight is 193 g/mol. The fraction of sp³-hybridized carbons (Fsp3) is 0.250. The maximum absolute atomic E-state index is 13.4. The van der Waals surface area contributed by atoms with Gasteiger partial charge in [0.25, 0.3) is 0 Å². The molecule has 14 heavy (non-hydrogen) atoms. The summed E-state index contributed by atoms with van der Waals surface area (Å²) in [5.74, 6) is 0.894. The molecule has 1 aromatic rings. The van der Waals surface area contributed by atoms with Crippen LogP contribution in [0.4, 0.5) is 4.39 Å². The average Bonchev–Trinajstić information content (AvgIpc) is 2.20. The zero-order chi connectivity index (χ0) is 10.6. The Hall–Kier alpha value is -1.31. The molecule has 0 bridgehead atoms. The molecule has 1 aromatic carbocycles. The van der Waals surface area contributed by atoms with Crippen molar-refractivity contribution >= 4 is 0 Å². The summed E-state index contributed by atoms with van der Waals surface area (Å²) in [4.78, 5) is 0. The van der Waals surface area contributed by atoms with Crippen molar-refractivity contribution < 1.29 is 9.13 Å². The smallest absolute Gasteiger partial charge is 0.165 e. The second kappa shape index (κ2) is 4.80. The van der Waals surface area contributed by atoms with E-state index in [1.54, 1.807) is 12.1 Å². The zero-order valence-corrected chi connectivity index (χ0v) is 8.51. The van der Waals surface area contributed by atoms with Gasteiger partial charge in [0.2, 0.25) is 0 Å². The summed E-state index contributed by atoms with van der Waals surface area (Å²) < 4.78 is 18.6. The van der Waals surface area contributed by atoms with Gasteiger partial charge in [0.1, 0.15) is 0 Å². The molecule has 0 N–H and O–H groups in total. The van der Waals surface area contributed by atoms with Crippen molar-refractivity contribution in [3.8, 4) is 5.75 Å². The van der Waals surface area contributed by atoms with E-state index in [1.165, 1.54) is 6.07 Å². The van der Waals surface area contributed by atoms with E-state index in [4.69, 9.17) is 4.74 Å². The van der Waals surface area contributed by atoms with Gasteiger partial charge in [0, 0.05) is 11.5 Å². The van der Waals surface area contributed by atoms with E-state index in [2.05, 4.69) is 6.58 Å². The number of hydrogen-bond donors (Lipinski definition) is 0. The summed E-state index contributed by atoms with van der Waals surface area (Å²) in [6.07, 6.45) is 1.69. The standard InChI is InChI=1S/C12H14FO/c1-4-9(3)10-7-6-8-11(13)12(10)14-5-2/h4,6-8H,1,5H2,2-3H3. The van der Waals surface area contributed by atoms with Gasteiger partial charge < -0.3 is 4.74 Å². The Balaban J connectivity index is 3.13. The highest BCUT2D eigenvalue weighted by molar-refractivity contribution is 5.46. The largest absolute Gasteiger partial charge is 0.490 e. The van der Waals surface area contributed by atoms with E-state index in [9.17, 15) is 4.39 Å². The molecule has 0 aromatic heterocycles. The summed E-state index contributed by atoms with van der Waals surface area (Å²) in [5, 5.41) is 0. The summed E-state index contributed by atoms with van der Waals surface area (Å²) in [6.45, 7) is 7.82. The van der Waals surface area contributed by atoms with Crippen LogP contribution < -0.4 is 4.74 Å². The predicted molar refractivity (Wildman–Crippen MR) is 55.8 cm³/mol. The molecule has 0 heterocycles. The second-order valence-electron chi connectivity index (χ2n) is 2.94. The molecule has 0 aliphatic heterocycles. The lowest BCUT2D eigenvalue weighted by Gasteiger charge is -2.13. The monoisotopic (exact) mass is 193 g/mol. The minimum absolute atomic E-state index is 0.312. The van der Waals surface area contributed by atoms with Gasteiger partial charge in [-0.1, -0.05) is 25.1 Å². The minimum atomic E-state index is -0.328. The zero-order valence-electron chi connectivity index (χ0n) is 8.51. The quantitative estimate of drug-likeness (QED) is 0.712. The molecule has 0 aliphatic carbocycles. The maximum atomic E-state index is 13.4. The highest BCUT2D eigenvalue weighted by atomic mass is 19.1. The first-order valence-corrected chi connectivity index (χ1v) is 4.58. The fourth-order valence-electron chi connectivity index (χ4n) is 1.22. The summed E-state index contributed by atoms with van der Waals surface area (Å²) in [6, 6.07) is 4.89. The number of ether oxygens (including phenoxy) is 1. The van der Waals surface area contributed by atoms with Crippen molar-refractivity contribution in [2.45, 2.75) is 13.8 Å². The normalized spacial score (nSPS) is 10.3. The molecule has 0 saturated heterocycles. The number of halogens is 1. The van der Waals surface area contributed by atoms with Crippen LogP contribution >= 0.6 is 0 Å². The molecule has 1 nitrogen and oxygen atoms in total. The van der Waals surface area contributed by atoms with E-state index < -0.39 is 0 Å². The topological polar surface area (TPSA) is 9.23 Å². The van der Waals surface area contributed by atoms with Crippen LogP contribution in [0.5, 0.6) is 5.75 Å². The van der Waals surface area contributed by atoms with Gasteiger partial charge in [-0.15, -0.1) is 6.58 Å². The molecule has 75 valence electrons. The highest BCUT2D eigenvalue weighted by Crippen LogP contribution is 2.29. The first kappa shape index (κ1) is 10.8. The lowest BCUT2D eigenvalue weighted by atomic mass is 10.0. The fourth-order valence-corrected chi connectivity index (χ4v) is 1.22. The molecule has 2 heteroatoms. The van der Waals surface area contributed by atoms with E-state index in [0.717, 1.165) is 11.5 Å². The van der Waals surface area contributed by atoms with Crippen LogP contribution in [0.1, 0.15) is 19.4 Å². The molecular weight excluding hydrogens is 179 g/mol. The molecule has 1 rings (SSSR count). The second-order valence-corrected chi connectivity index (χ2v) is 2.94. The molecule has 0 unspecified atom stereocenters. The van der Waals surface area contributed by atoms with E-state index in [-0.39, 0.29) is 5.82 Å². The molecule has 0 aliphatic rings. The number of para-hydroxylation sites is 1. The van der Waals surface area contributed by atoms with Gasteiger partial charge in [0.05, 0.1) is 6.61 Å². The number of allylic oxidation sites excluding steroid dienone is 1. The van der Waals surface area contributed by atoms with Crippen LogP contribution in [0.2, 0.25) is 0 Å². The van der Waals surface area contributed by atoms with Crippen molar-refractivity contribution in [2.75, 3.05) is 6.61 Å². The highest BCUT2D eigenvalue weighted by Gasteiger charge is 2.13. The SMILES string of the molecule is C=C[C](C)c1cccc(F)c1OCC. The van der Waals surface area contributed by atoms with Crippen LogP contribution in [0.3, 0.4) is 0 Å². The lowest BCUT2D eigenvalue weighted by Crippen LogP contribution is -2.01. The third kappa shape index (κ3) is 2.13. The summed E-state index contributed by atoms with van der Waals surface area (Å²) >= 11 is 0. The van der Waals surface area contributed by atoms with Crippen LogP contribution in [0.25, 0.3) is 0 Å². The maximum Gasteiger partial charge on any atom is 0.165 e. The Morgan fingerprint density at radius 1 is 1.57 bits per heavy atom. The van der Waals surface area contributed by atoms with Gasteiger partial charge in [-0.05, 0) is 13.0 Å². The van der Waals surface area contributed by atoms with Crippen molar-refractivity contribution in [2.24, 2.45) is 0 Å². The Labute approximate surface area is 84.2 Å². The van der Waals surface area contributed by atoms with Crippen LogP contribution in [0, 0.1) is 11.7 Å². The van der Waals surface area contributed by atoms with E-state index in [1.807, 2.05) is 19.9 Å². The van der Waals surface area contributed by atoms with Crippen molar-refractivity contribution in [1.82, 2.24) is 0 Å². The van der Waals surface area contributed by atoms with E-state index >= 15 is 0 Å². The minimum Gasteiger partial charge on any atom is -0.490 e. The van der Waals surface area contributed by atoms with Crippen LogP contribution in [-0.2, 0) is 0 Å². The molecule has 0 atom stereocenters. The van der Waals surface area contributed by atoms with Crippen LogP contribution in [-0.4, -0.2) is 6.61 Å². The first-order valence-electron chi connectivity index (χ1n) is 4.58. The molecule has 0 spiro atoms. The van der Waals surface area contributed by atoms with Gasteiger partial charge >= 0.3 is 0 Å². The van der Waals surface area contributed by atoms with E-state index in [0.29, 0.717) is 12.4 Å². The van der Waals surface area contributed by atoms with Gasteiger partial charge in [-0.3, -0.25) is 0 Å². The number of hydrogen-bond acceptors (Lipinski definition) is 1. The number of rotatable bonds is 4. The Morgan fingerprint density at radius 2 is 2.29 bits per heavy atom. The molecule has 0 amide bonds. The predicted octanol–water partition coefficient (Wildman–Crippen LogP) is 3.35. The third-order valence-electron chi connectivity index (χ3n) is 1.99. The Morgan fingerprint density at radius 3 is 2.86 bits per heavy atom. The summed E-state index contributed by atoms with van der Waals surface area (Å²) in [7, 11) is 0. The third-order valence-corrected chi connectivity index (χ3v) is 1.99. The Bertz CT molecular complexity index is 320. The Kier molecular flexibility index (Phi) is 3.69. The van der Waals surface area contributed by atoms with Crippen molar-refractivity contribution in [1.29, 1.82) is 0 Å². The first-order chi connectivity index (χ1) is 6.70. The van der Waals surface area contributed by atoms with Crippen molar-refractivity contribution in [3.63, 3.8) is 0 Å². The molecule has 0 fully saturated rings. The van der Waals surface area contributed by atoms with Gasteiger partial charge in [-0.2, -0.15) is 0 Å². The summed E-state index contributed by atoms with van der Waals surface area (Å²) in [5.41, 5.74) is 0.766. The van der Waals surface area contributed by atoms with Crippen molar-refractivity contribution in [3.05, 3.63) is 48.2 Å². The molecule has 0 saturated carbocycles. The van der Waals surface area contributed by atoms with Crippen LogP contribution in [0.15, 0.2) is 30.9 Å². The van der Waals surface area contributed by atoms with Gasteiger partial charge in [-0.25, -0.2) is 4.39 Å². The number of benzene rings is 1. The molecule has 1 radical (unpaired) electrons. The molecular formula is C12H14FO. The lowest BCUT2D eigenvalue weighted by molar-refractivity contribution is 0.319.